The Kier molecular flexibility index (Phi) is 3.40. The summed E-state index contributed by atoms with van der Waals surface area (Å²) < 4.78 is 5.49. The first kappa shape index (κ1) is 12.4. The van der Waals surface area contributed by atoms with Crippen LogP contribution in [0.2, 0.25) is 0 Å². The second-order valence-corrected chi connectivity index (χ2v) is 4.87. The molecular weight excluding hydrogens is 214 g/mol. The molecule has 1 aromatic rings. The van der Waals surface area contributed by atoms with Gasteiger partial charge in [-0.1, -0.05) is 12.1 Å². The Balaban J connectivity index is 2.47. The van der Waals surface area contributed by atoms with Crippen LogP contribution in [0.15, 0.2) is 12.1 Å². The van der Waals surface area contributed by atoms with Gasteiger partial charge < -0.3 is 15.2 Å². The van der Waals surface area contributed by atoms with Crippen molar-refractivity contribution < 1.29 is 9.84 Å². The van der Waals surface area contributed by atoms with Crippen LogP contribution in [-0.2, 0) is 5.60 Å². The van der Waals surface area contributed by atoms with Crippen molar-refractivity contribution in [2.24, 2.45) is 0 Å². The summed E-state index contributed by atoms with van der Waals surface area (Å²) in [6, 6.07) is 4.07. The summed E-state index contributed by atoms with van der Waals surface area (Å²) in [5.41, 5.74) is 2.51. The Labute approximate surface area is 103 Å². The summed E-state index contributed by atoms with van der Waals surface area (Å²) in [7, 11) is 1.68. The number of nitrogens with one attached hydrogen (secondary N) is 1. The highest BCUT2D eigenvalue weighted by atomic mass is 16.5. The molecule has 0 amide bonds. The molecule has 1 aromatic carbocycles. The normalized spacial score (nSPS) is 19.1. The van der Waals surface area contributed by atoms with Gasteiger partial charge in [0.05, 0.1) is 12.7 Å². The van der Waals surface area contributed by atoms with E-state index in [0.717, 1.165) is 42.8 Å². The van der Waals surface area contributed by atoms with Crippen LogP contribution in [0.1, 0.15) is 29.5 Å². The molecule has 94 valence electrons. The van der Waals surface area contributed by atoms with E-state index in [1.54, 1.807) is 7.11 Å². The lowest BCUT2D eigenvalue weighted by atomic mass is 9.83. The lowest BCUT2D eigenvalue weighted by molar-refractivity contribution is 0.00384. The van der Waals surface area contributed by atoms with Gasteiger partial charge in [-0.25, -0.2) is 0 Å². The van der Waals surface area contributed by atoms with Gasteiger partial charge in [0.1, 0.15) is 5.75 Å². The van der Waals surface area contributed by atoms with Gasteiger partial charge in [0, 0.05) is 5.56 Å². The fourth-order valence-corrected chi connectivity index (χ4v) is 2.53. The lowest BCUT2D eigenvalue weighted by Crippen LogP contribution is -2.40. The van der Waals surface area contributed by atoms with Gasteiger partial charge >= 0.3 is 0 Å². The van der Waals surface area contributed by atoms with E-state index in [0.29, 0.717) is 0 Å². The topological polar surface area (TPSA) is 41.5 Å². The molecule has 0 atom stereocenters. The molecule has 1 heterocycles. The standard InChI is InChI=1S/C14H21NO2/c1-10-4-5-12(13(17-3)11(10)2)14(16)6-8-15-9-7-14/h4-5,15-16H,6-9H2,1-3H3. The Hall–Kier alpha value is -1.06. The van der Waals surface area contributed by atoms with E-state index in [-0.39, 0.29) is 0 Å². The van der Waals surface area contributed by atoms with Crippen LogP contribution >= 0.6 is 0 Å². The average Bonchev–Trinajstić information content (AvgIpc) is 2.33. The van der Waals surface area contributed by atoms with Crippen LogP contribution < -0.4 is 10.1 Å². The fourth-order valence-electron chi connectivity index (χ4n) is 2.53. The molecule has 2 rings (SSSR count). The maximum Gasteiger partial charge on any atom is 0.128 e. The summed E-state index contributed by atoms with van der Waals surface area (Å²) in [5, 5.41) is 14.0. The molecule has 3 heteroatoms. The van der Waals surface area contributed by atoms with Gasteiger partial charge in [-0.05, 0) is 50.9 Å². The Morgan fingerprint density at radius 2 is 1.88 bits per heavy atom. The summed E-state index contributed by atoms with van der Waals surface area (Å²) >= 11 is 0. The van der Waals surface area contributed by atoms with Crippen LogP contribution in [-0.4, -0.2) is 25.3 Å². The third-order valence-electron chi connectivity index (χ3n) is 3.81. The van der Waals surface area contributed by atoms with E-state index < -0.39 is 5.60 Å². The van der Waals surface area contributed by atoms with Gasteiger partial charge in [0.25, 0.3) is 0 Å². The number of ether oxygens (including phenoxy) is 1. The predicted octanol–water partition coefficient (Wildman–Crippen LogP) is 1.88. The number of piperidine rings is 1. The van der Waals surface area contributed by atoms with Crippen molar-refractivity contribution in [1.29, 1.82) is 0 Å². The predicted molar refractivity (Wildman–Crippen MR) is 68.5 cm³/mol. The Morgan fingerprint density at radius 3 is 2.47 bits per heavy atom. The molecule has 0 radical (unpaired) electrons. The first-order chi connectivity index (χ1) is 8.08. The van der Waals surface area contributed by atoms with Crippen LogP contribution in [0, 0.1) is 13.8 Å². The molecule has 0 saturated carbocycles. The van der Waals surface area contributed by atoms with E-state index in [2.05, 4.69) is 18.3 Å². The number of methoxy groups -OCH3 is 1. The quantitative estimate of drug-likeness (QED) is 0.822. The lowest BCUT2D eigenvalue weighted by Gasteiger charge is -2.34. The molecule has 0 aromatic heterocycles. The summed E-state index contributed by atoms with van der Waals surface area (Å²) in [4.78, 5) is 0. The van der Waals surface area contributed by atoms with E-state index >= 15 is 0 Å². The second-order valence-electron chi connectivity index (χ2n) is 4.87. The first-order valence-corrected chi connectivity index (χ1v) is 6.16. The summed E-state index contributed by atoms with van der Waals surface area (Å²) in [6.45, 7) is 5.81. The minimum atomic E-state index is -0.741. The molecule has 0 unspecified atom stereocenters. The molecule has 2 N–H and O–H groups in total. The molecular formula is C14H21NO2. The smallest absolute Gasteiger partial charge is 0.128 e. The summed E-state index contributed by atoms with van der Waals surface area (Å²) in [5.74, 6) is 0.842. The number of hydrogen-bond donors (Lipinski definition) is 2. The van der Waals surface area contributed by atoms with Gasteiger partial charge in [-0.15, -0.1) is 0 Å². The molecule has 0 spiro atoms. The third-order valence-corrected chi connectivity index (χ3v) is 3.81. The van der Waals surface area contributed by atoms with Gasteiger partial charge in [0.2, 0.25) is 0 Å². The van der Waals surface area contributed by atoms with Crippen LogP contribution in [0.3, 0.4) is 0 Å². The molecule has 3 nitrogen and oxygen atoms in total. The second kappa shape index (κ2) is 4.67. The SMILES string of the molecule is COc1c(C2(O)CCNCC2)ccc(C)c1C. The zero-order chi connectivity index (χ0) is 12.5. The van der Waals surface area contributed by atoms with E-state index in [4.69, 9.17) is 4.74 Å². The highest BCUT2D eigenvalue weighted by molar-refractivity contribution is 5.48. The van der Waals surface area contributed by atoms with Gasteiger partial charge in [0.15, 0.2) is 0 Å². The van der Waals surface area contributed by atoms with Gasteiger partial charge in [-0.2, -0.15) is 0 Å². The monoisotopic (exact) mass is 235 g/mol. The van der Waals surface area contributed by atoms with Crippen molar-refractivity contribution in [3.63, 3.8) is 0 Å². The Bertz CT molecular complexity index is 409. The highest BCUT2D eigenvalue weighted by Crippen LogP contribution is 2.39. The van der Waals surface area contributed by atoms with Crippen LogP contribution in [0.5, 0.6) is 5.75 Å². The minimum Gasteiger partial charge on any atom is -0.496 e. The average molecular weight is 235 g/mol. The zero-order valence-electron chi connectivity index (χ0n) is 10.8. The van der Waals surface area contributed by atoms with E-state index in [1.165, 1.54) is 5.56 Å². The molecule has 1 saturated heterocycles. The van der Waals surface area contributed by atoms with E-state index in [1.807, 2.05) is 13.0 Å². The Morgan fingerprint density at radius 1 is 1.24 bits per heavy atom. The van der Waals surface area contributed by atoms with Crippen molar-refractivity contribution in [3.8, 4) is 5.75 Å². The number of rotatable bonds is 2. The molecule has 0 bridgehead atoms. The maximum atomic E-state index is 10.7. The van der Waals surface area contributed by atoms with Crippen LogP contribution in [0.4, 0.5) is 0 Å². The minimum absolute atomic E-state index is 0.741. The highest BCUT2D eigenvalue weighted by Gasteiger charge is 2.34. The number of aryl methyl sites for hydroxylation is 1. The molecule has 1 aliphatic rings. The number of aliphatic hydroxyl groups is 1. The molecule has 0 aliphatic carbocycles. The first-order valence-electron chi connectivity index (χ1n) is 6.16. The van der Waals surface area contributed by atoms with Crippen molar-refractivity contribution in [2.75, 3.05) is 20.2 Å². The summed E-state index contributed by atoms with van der Waals surface area (Å²) in [6.07, 6.45) is 1.48. The third kappa shape index (κ3) is 2.17. The van der Waals surface area contributed by atoms with Gasteiger partial charge in [-0.3, -0.25) is 0 Å². The van der Waals surface area contributed by atoms with Crippen molar-refractivity contribution in [1.82, 2.24) is 5.32 Å². The van der Waals surface area contributed by atoms with E-state index in [9.17, 15) is 5.11 Å². The number of benzene rings is 1. The van der Waals surface area contributed by atoms with Crippen molar-refractivity contribution in [2.45, 2.75) is 32.3 Å². The largest absolute Gasteiger partial charge is 0.496 e. The van der Waals surface area contributed by atoms with Crippen LogP contribution in [0.25, 0.3) is 0 Å². The fraction of sp³-hybridized carbons (Fsp3) is 0.571. The zero-order valence-corrected chi connectivity index (χ0v) is 10.8. The van der Waals surface area contributed by atoms with Crippen molar-refractivity contribution in [3.05, 3.63) is 28.8 Å². The molecule has 17 heavy (non-hydrogen) atoms. The molecule has 1 fully saturated rings. The number of hydrogen-bond acceptors (Lipinski definition) is 3. The van der Waals surface area contributed by atoms with Crippen molar-refractivity contribution >= 4 is 0 Å². The maximum absolute atomic E-state index is 10.7. The molecule has 1 aliphatic heterocycles.